The first-order valence-electron chi connectivity index (χ1n) is 12.3. The van der Waals surface area contributed by atoms with Gasteiger partial charge in [0, 0.05) is 25.6 Å². The Morgan fingerprint density at radius 2 is 1.49 bits per heavy atom. The van der Waals surface area contributed by atoms with Crippen LogP contribution in [0, 0.1) is 5.92 Å². The van der Waals surface area contributed by atoms with Crippen molar-refractivity contribution in [2.45, 2.75) is 31.1 Å². The fourth-order valence-corrected chi connectivity index (χ4v) is 5.31. The minimum Gasteiger partial charge on any atom is -0.447 e. The molecular weight excluding hydrogens is 481 g/mol. The number of rotatable bonds is 6. The van der Waals surface area contributed by atoms with Gasteiger partial charge in [-0.05, 0) is 35.2 Å². The number of amides is 2. The Hall–Kier alpha value is -3.65. The lowest BCUT2D eigenvalue weighted by molar-refractivity contribution is -0.137. The predicted molar refractivity (Wildman–Crippen MR) is 132 cm³/mol. The van der Waals surface area contributed by atoms with E-state index in [1.807, 2.05) is 60.7 Å². The van der Waals surface area contributed by atoms with E-state index in [-0.39, 0.29) is 18.4 Å². The van der Waals surface area contributed by atoms with E-state index in [9.17, 15) is 22.8 Å². The van der Waals surface area contributed by atoms with Crippen molar-refractivity contribution in [1.82, 2.24) is 9.80 Å². The van der Waals surface area contributed by atoms with Gasteiger partial charge in [0.2, 0.25) is 5.91 Å². The Morgan fingerprint density at radius 3 is 2.11 bits per heavy atom. The van der Waals surface area contributed by atoms with Crippen molar-refractivity contribution in [2.24, 2.45) is 5.92 Å². The summed E-state index contributed by atoms with van der Waals surface area (Å²) in [6.07, 6.45) is -4.63. The van der Waals surface area contributed by atoms with Crippen molar-refractivity contribution in [3.05, 3.63) is 107 Å². The van der Waals surface area contributed by atoms with Gasteiger partial charge in [-0.3, -0.25) is 9.69 Å². The van der Waals surface area contributed by atoms with Crippen molar-refractivity contribution in [3.8, 4) is 0 Å². The molecule has 192 valence electrons. The highest BCUT2D eigenvalue weighted by Gasteiger charge is 2.46. The number of alkyl halides is 3. The molecule has 2 aliphatic heterocycles. The van der Waals surface area contributed by atoms with Gasteiger partial charge < -0.3 is 4.74 Å². The minimum absolute atomic E-state index is 0.116. The fraction of sp³-hybridized carbons (Fsp3) is 0.310. The Morgan fingerprint density at radius 1 is 0.865 bits per heavy atom. The number of imide groups is 1. The van der Waals surface area contributed by atoms with Gasteiger partial charge >= 0.3 is 12.3 Å². The molecule has 37 heavy (non-hydrogen) atoms. The molecule has 0 saturated carbocycles. The molecule has 8 heteroatoms. The molecule has 3 aromatic rings. The second kappa shape index (κ2) is 10.4. The Bertz CT molecular complexity index is 1230. The van der Waals surface area contributed by atoms with Gasteiger partial charge in [0.25, 0.3) is 0 Å². The van der Waals surface area contributed by atoms with E-state index >= 15 is 0 Å². The molecule has 0 aliphatic carbocycles. The SMILES string of the molecule is O=C1OC[C@@H](Cc2ccccc2)N1C(=O)[C@@H]1CN(Cc2ccccc2)C[C@H]1c1ccc(C(F)(F)F)cc1. The normalized spacial score (nSPS) is 22.3. The molecule has 0 N–H and O–H groups in total. The zero-order valence-corrected chi connectivity index (χ0v) is 20.1. The van der Waals surface area contributed by atoms with E-state index in [1.54, 1.807) is 0 Å². The Balaban J connectivity index is 1.41. The summed E-state index contributed by atoms with van der Waals surface area (Å²) in [5, 5.41) is 0. The molecule has 5 nitrogen and oxygen atoms in total. The first-order chi connectivity index (χ1) is 17.8. The van der Waals surface area contributed by atoms with Crippen LogP contribution in [0.1, 0.15) is 28.2 Å². The van der Waals surface area contributed by atoms with Crippen molar-refractivity contribution in [2.75, 3.05) is 19.7 Å². The number of likely N-dealkylation sites (tertiary alicyclic amines) is 1. The van der Waals surface area contributed by atoms with Crippen molar-refractivity contribution < 1.29 is 27.5 Å². The van der Waals surface area contributed by atoms with E-state index in [0.29, 0.717) is 31.6 Å². The third-order valence-electron chi connectivity index (χ3n) is 7.14. The summed E-state index contributed by atoms with van der Waals surface area (Å²) in [6, 6.07) is 24.0. The molecule has 2 saturated heterocycles. The van der Waals surface area contributed by atoms with Crippen molar-refractivity contribution >= 4 is 12.0 Å². The second-order valence-corrected chi connectivity index (χ2v) is 9.64. The molecule has 0 radical (unpaired) electrons. The number of nitrogens with zero attached hydrogens (tertiary/aromatic N) is 2. The van der Waals surface area contributed by atoms with Crippen LogP contribution in [0.15, 0.2) is 84.9 Å². The van der Waals surface area contributed by atoms with Crippen LogP contribution in [-0.4, -0.2) is 47.5 Å². The summed E-state index contributed by atoms with van der Waals surface area (Å²) in [4.78, 5) is 29.9. The number of benzene rings is 3. The fourth-order valence-electron chi connectivity index (χ4n) is 5.31. The number of cyclic esters (lactones) is 1. The third-order valence-corrected chi connectivity index (χ3v) is 7.14. The summed E-state index contributed by atoms with van der Waals surface area (Å²) in [7, 11) is 0. The van der Waals surface area contributed by atoms with Crippen LogP contribution in [-0.2, 0) is 28.7 Å². The van der Waals surface area contributed by atoms with Gasteiger partial charge in [0.05, 0.1) is 17.5 Å². The van der Waals surface area contributed by atoms with Crippen molar-refractivity contribution in [3.63, 3.8) is 0 Å². The maximum absolute atomic E-state index is 13.9. The number of carbonyl (C=O) groups excluding carboxylic acids is 2. The first kappa shape index (κ1) is 25.0. The van der Waals surface area contributed by atoms with Crippen LogP contribution in [0.2, 0.25) is 0 Å². The quantitative estimate of drug-likeness (QED) is 0.441. The minimum atomic E-state index is -4.44. The number of ether oxygens (including phenoxy) is 1. The smallest absolute Gasteiger partial charge is 0.416 e. The first-order valence-corrected chi connectivity index (χ1v) is 12.3. The number of hydrogen-bond acceptors (Lipinski definition) is 4. The van der Waals surface area contributed by atoms with Crippen LogP contribution in [0.25, 0.3) is 0 Å². The maximum atomic E-state index is 13.9. The van der Waals surface area contributed by atoms with E-state index in [0.717, 1.165) is 23.3 Å². The molecule has 0 spiro atoms. The molecule has 0 unspecified atom stereocenters. The third kappa shape index (κ3) is 5.54. The molecule has 3 aromatic carbocycles. The zero-order valence-electron chi connectivity index (χ0n) is 20.1. The second-order valence-electron chi connectivity index (χ2n) is 9.64. The van der Waals surface area contributed by atoms with Crippen LogP contribution in [0.3, 0.4) is 0 Å². The average Bonchev–Trinajstić information content (AvgIpc) is 3.48. The molecule has 2 heterocycles. The average molecular weight is 509 g/mol. The molecule has 3 atom stereocenters. The van der Waals surface area contributed by atoms with E-state index in [2.05, 4.69) is 4.90 Å². The maximum Gasteiger partial charge on any atom is 0.416 e. The summed E-state index contributed by atoms with van der Waals surface area (Å²) in [6.45, 7) is 1.59. The van der Waals surface area contributed by atoms with Gasteiger partial charge in [0.15, 0.2) is 0 Å². The number of halogens is 3. The molecule has 2 aliphatic rings. The van der Waals surface area contributed by atoms with Gasteiger partial charge in [-0.2, -0.15) is 13.2 Å². The van der Waals surface area contributed by atoms with Gasteiger partial charge in [-0.15, -0.1) is 0 Å². The van der Waals surface area contributed by atoms with E-state index < -0.39 is 29.8 Å². The zero-order chi connectivity index (χ0) is 26.0. The Labute approximate surface area is 213 Å². The molecule has 0 aromatic heterocycles. The lowest BCUT2D eigenvalue weighted by atomic mass is 9.87. The predicted octanol–water partition coefficient (Wildman–Crippen LogP) is 5.51. The standard InChI is InChI=1S/C29H27F3N2O3/c30-29(31,32)23-13-11-22(12-14-23)25-17-33(16-21-9-5-2-6-10-21)18-26(25)27(35)34-24(19-37-28(34)36)15-20-7-3-1-4-8-20/h1-14,24-26H,15-19H2/t24-,25+,26-/m1/s1. The highest BCUT2D eigenvalue weighted by atomic mass is 19.4. The highest BCUT2D eigenvalue weighted by Crippen LogP contribution is 2.38. The highest BCUT2D eigenvalue weighted by molar-refractivity contribution is 5.95. The molecular formula is C29H27F3N2O3. The largest absolute Gasteiger partial charge is 0.447 e. The molecule has 2 fully saturated rings. The monoisotopic (exact) mass is 508 g/mol. The van der Waals surface area contributed by atoms with Gasteiger partial charge in [-0.25, -0.2) is 9.69 Å². The van der Waals surface area contributed by atoms with Crippen LogP contribution in [0.4, 0.5) is 18.0 Å². The summed E-state index contributed by atoms with van der Waals surface area (Å²) in [5.41, 5.74) is 1.97. The molecule has 0 bridgehead atoms. The molecule has 2 amide bonds. The lowest BCUT2D eigenvalue weighted by Gasteiger charge is -2.26. The topological polar surface area (TPSA) is 49.9 Å². The summed E-state index contributed by atoms with van der Waals surface area (Å²) in [5.74, 6) is -1.29. The van der Waals surface area contributed by atoms with Crippen LogP contribution >= 0.6 is 0 Å². The lowest BCUT2D eigenvalue weighted by Crippen LogP contribution is -2.45. The number of hydrogen-bond donors (Lipinski definition) is 0. The van der Waals surface area contributed by atoms with Crippen molar-refractivity contribution in [1.29, 1.82) is 0 Å². The van der Waals surface area contributed by atoms with E-state index in [1.165, 1.54) is 17.0 Å². The Kier molecular flexibility index (Phi) is 7.02. The van der Waals surface area contributed by atoms with E-state index in [4.69, 9.17) is 4.74 Å². The van der Waals surface area contributed by atoms with Gasteiger partial charge in [0.1, 0.15) is 6.61 Å². The molecule has 5 rings (SSSR count). The van der Waals surface area contributed by atoms with Gasteiger partial charge in [-0.1, -0.05) is 72.8 Å². The van der Waals surface area contributed by atoms with Crippen LogP contribution < -0.4 is 0 Å². The summed E-state index contributed by atoms with van der Waals surface area (Å²) < 4.78 is 44.7. The number of carbonyl (C=O) groups is 2. The van der Waals surface area contributed by atoms with Crippen LogP contribution in [0.5, 0.6) is 0 Å². The summed E-state index contributed by atoms with van der Waals surface area (Å²) >= 11 is 0.